The highest BCUT2D eigenvalue weighted by Gasteiger charge is 2.21. The third-order valence-electron chi connectivity index (χ3n) is 4.35. The lowest BCUT2D eigenvalue weighted by atomic mass is 9.83. The summed E-state index contributed by atoms with van der Waals surface area (Å²) < 4.78 is 0. The van der Waals surface area contributed by atoms with E-state index in [0.717, 1.165) is 0 Å². The van der Waals surface area contributed by atoms with E-state index in [4.69, 9.17) is 0 Å². The van der Waals surface area contributed by atoms with Crippen LogP contribution < -0.4 is 5.32 Å². The van der Waals surface area contributed by atoms with Crippen molar-refractivity contribution in [1.29, 1.82) is 0 Å². The van der Waals surface area contributed by atoms with Gasteiger partial charge in [0.1, 0.15) is 0 Å². The molecule has 1 rings (SSSR count). The zero-order chi connectivity index (χ0) is 13.3. The van der Waals surface area contributed by atoms with E-state index < -0.39 is 0 Å². The largest absolute Gasteiger partial charge is 0.313 e. The standard InChI is InChI=1S/C16H27N/c1-9(2)16(17-8)15-13(6)11(4)10(3)12(5)14(15)7/h9,16-17H,1-8H3. The third kappa shape index (κ3) is 2.40. The van der Waals surface area contributed by atoms with E-state index in [1.807, 2.05) is 0 Å². The fourth-order valence-corrected chi connectivity index (χ4v) is 2.81. The summed E-state index contributed by atoms with van der Waals surface area (Å²) in [4.78, 5) is 0. The molecular weight excluding hydrogens is 206 g/mol. The molecule has 0 spiro atoms. The Morgan fingerprint density at radius 2 is 1.06 bits per heavy atom. The minimum Gasteiger partial charge on any atom is -0.313 e. The first kappa shape index (κ1) is 14.2. The lowest BCUT2D eigenvalue weighted by Crippen LogP contribution is -2.24. The molecule has 0 saturated carbocycles. The maximum Gasteiger partial charge on any atom is 0.0346 e. The van der Waals surface area contributed by atoms with Gasteiger partial charge in [0, 0.05) is 6.04 Å². The molecule has 17 heavy (non-hydrogen) atoms. The van der Waals surface area contributed by atoms with Gasteiger partial charge >= 0.3 is 0 Å². The van der Waals surface area contributed by atoms with Crippen molar-refractivity contribution in [3.05, 3.63) is 33.4 Å². The van der Waals surface area contributed by atoms with E-state index >= 15 is 0 Å². The fourth-order valence-electron chi connectivity index (χ4n) is 2.81. The molecular formula is C16H27N. The van der Waals surface area contributed by atoms with Crippen LogP contribution in [-0.4, -0.2) is 7.05 Å². The number of hydrogen-bond acceptors (Lipinski definition) is 1. The Balaban J connectivity index is 3.53. The van der Waals surface area contributed by atoms with Crippen molar-refractivity contribution < 1.29 is 0 Å². The second kappa shape index (κ2) is 5.22. The molecule has 0 radical (unpaired) electrons. The lowest BCUT2D eigenvalue weighted by molar-refractivity contribution is 0.439. The molecule has 1 N–H and O–H groups in total. The quantitative estimate of drug-likeness (QED) is 0.827. The molecule has 0 fully saturated rings. The number of benzene rings is 1. The first-order valence-electron chi connectivity index (χ1n) is 6.57. The molecule has 0 aliphatic rings. The highest BCUT2D eigenvalue weighted by atomic mass is 14.9. The number of rotatable bonds is 3. The van der Waals surface area contributed by atoms with Crippen molar-refractivity contribution in [2.45, 2.75) is 54.5 Å². The molecule has 1 nitrogen and oxygen atoms in total. The first-order valence-corrected chi connectivity index (χ1v) is 6.57. The predicted octanol–water partition coefficient (Wildman–Crippen LogP) is 4.15. The summed E-state index contributed by atoms with van der Waals surface area (Å²) in [6, 6.07) is 0.452. The number of hydrogen-bond donors (Lipinski definition) is 1. The van der Waals surface area contributed by atoms with Crippen LogP contribution in [0.3, 0.4) is 0 Å². The van der Waals surface area contributed by atoms with E-state index in [-0.39, 0.29) is 0 Å². The van der Waals surface area contributed by atoms with Gasteiger partial charge in [-0.1, -0.05) is 13.8 Å². The second-order valence-corrected chi connectivity index (χ2v) is 5.55. The molecule has 0 aliphatic heterocycles. The molecule has 1 aromatic rings. The minimum atomic E-state index is 0.452. The minimum absolute atomic E-state index is 0.452. The van der Waals surface area contributed by atoms with Crippen LogP contribution in [0.5, 0.6) is 0 Å². The molecule has 0 bridgehead atoms. The zero-order valence-corrected chi connectivity index (χ0v) is 12.7. The Kier molecular flexibility index (Phi) is 4.37. The summed E-state index contributed by atoms with van der Waals surface area (Å²) in [5, 5.41) is 3.47. The molecule has 0 saturated heterocycles. The fraction of sp³-hybridized carbons (Fsp3) is 0.625. The van der Waals surface area contributed by atoms with Crippen LogP contribution in [0.1, 0.15) is 53.3 Å². The Bertz CT molecular complexity index is 387. The monoisotopic (exact) mass is 233 g/mol. The van der Waals surface area contributed by atoms with Crippen LogP contribution in [0.15, 0.2) is 0 Å². The van der Waals surface area contributed by atoms with Crippen LogP contribution in [0.25, 0.3) is 0 Å². The van der Waals surface area contributed by atoms with E-state index in [1.165, 1.54) is 33.4 Å². The summed E-state index contributed by atoms with van der Waals surface area (Å²) in [5.41, 5.74) is 8.76. The van der Waals surface area contributed by atoms with Crippen LogP contribution in [-0.2, 0) is 0 Å². The smallest absolute Gasteiger partial charge is 0.0346 e. The topological polar surface area (TPSA) is 12.0 Å². The van der Waals surface area contributed by atoms with Gasteiger partial charge in [0.2, 0.25) is 0 Å². The van der Waals surface area contributed by atoms with Crippen molar-refractivity contribution in [2.24, 2.45) is 5.92 Å². The van der Waals surface area contributed by atoms with Crippen LogP contribution in [0.4, 0.5) is 0 Å². The molecule has 1 aromatic carbocycles. The highest BCUT2D eigenvalue weighted by molar-refractivity contribution is 5.50. The zero-order valence-electron chi connectivity index (χ0n) is 12.7. The Morgan fingerprint density at radius 3 is 1.35 bits per heavy atom. The molecule has 0 amide bonds. The Labute approximate surface area is 107 Å². The van der Waals surface area contributed by atoms with Crippen LogP contribution in [0, 0.1) is 40.5 Å². The molecule has 0 aliphatic carbocycles. The molecule has 1 heteroatoms. The Morgan fingerprint density at radius 1 is 0.706 bits per heavy atom. The number of nitrogens with one attached hydrogen (secondary N) is 1. The summed E-state index contributed by atoms with van der Waals surface area (Å²) in [5.74, 6) is 0.610. The summed E-state index contributed by atoms with van der Waals surface area (Å²) in [6.07, 6.45) is 0. The van der Waals surface area contributed by atoms with Crippen LogP contribution >= 0.6 is 0 Å². The first-order chi connectivity index (χ1) is 7.82. The van der Waals surface area contributed by atoms with Gasteiger partial charge in [-0.15, -0.1) is 0 Å². The van der Waals surface area contributed by atoms with Gasteiger partial charge in [-0.2, -0.15) is 0 Å². The maximum absolute atomic E-state index is 3.47. The Hall–Kier alpha value is -0.820. The van der Waals surface area contributed by atoms with E-state index in [9.17, 15) is 0 Å². The summed E-state index contributed by atoms with van der Waals surface area (Å²) in [7, 11) is 2.06. The van der Waals surface area contributed by atoms with Gasteiger partial charge in [-0.3, -0.25) is 0 Å². The second-order valence-electron chi connectivity index (χ2n) is 5.55. The molecule has 1 atom stereocenters. The average Bonchev–Trinajstić information content (AvgIpc) is 2.29. The van der Waals surface area contributed by atoms with Crippen molar-refractivity contribution in [1.82, 2.24) is 5.32 Å². The molecule has 0 aromatic heterocycles. The normalized spacial score (nSPS) is 13.2. The van der Waals surface area contributed by atoms with E-state index in [2.05, 4.69) is 60.8 Å². The van der Waals surface area contributed by atoms with Gasteiger partial charge in [0.05, 0.1) is 0 Å². The highest BCUT2D eigenvalue weighted by Crippen LogP contribution is 2.33. The molecule has 1 unspecified atom stereocenters. The van der Waals surface area contributed by atoms with Gasteiger partial charge in [-0.25, -0.2) is 0 Å². The van der Waals surface area contributed by atoms with Crippen LogP contribution in [0.2, 0.25) is 0 Å². The summed E-state index contributed by atoms with van der Waals surface area (Å²) >= 11 is 0. The molecule has 96 valence electrons. The van der Waals surface area contributed by atoms with Gasteiger partial charge in [-0.05, 0) is 81.0 Å². The van der Waals surface area contributed by atoms with Crippen molar-refractivity contribution >= 4 is 0 Å². The molecule has 0 heterocycles. The third-order valence-corrected chi connectivity index (χ3v) is 4.35. The predicted molar refractivity (Wildman–Crippen MR) is 76.8 cm³/mol. The van der Waals surface area contributed by atoms with E-state index in [0.29, 0.717) is 12.0 Å². The van der Waals surface area contributed by atoms with Gasteiger partial charge in [0.15, 0.2) is 0 Å². The van der Waals surface area contributed by atoms with Crippen molar-refractivity contribution in [2.75, 3.05) is 7.05 Å². The lowest BCUT2D eigenvalue weighted by Gasteiger charge is -2.28. The average molecular weight is 233 g/mol. The van der Waals surface area contributed by atoms with E-state index in [1.54, 1.807) is 0 Å². The van der Waals surface area contributed by atoms with Crippen molar-refractivity contribution in [3.8, 4) is 0 Å². The SMILES string of the molecule is CNC(c1c(C)c(C)c(C)c(C)c1C)C(C)C. The summed E-state index contributed by atoms with van der Waals surface area (Å²) in [6.45, 7) is 15.8. The van der Waals surface area contributed by atoms with Gasteiger partial charge in [0.25, 0.3) is 0 Å². The van der Waals surface area contributed by atoms with Gasteiger partial charge < -0.3 is 5.32 Å². The van der Waals surface area contributed by atoms with Crippen molar-refractivity contribution in [3.63, 3.8) is 0 Å². The maximum atomic E-state index is 3.47.